The highest BCUT2D eigenvalue weighted by Crippen LogP contribution is 1.98. The Kier molecular flexibility index (Phi) is 6.01. The molecule has 1 aromatic rings. The number of aliphatic carboxylic acids is 1. The molecule has 0 saturated heterocycles. The number of carbonyl (C=O) groups excluding carboxylic acids is 2. The molecule has 9 nitrogen and oxygen atoms in total. The second kappa shape index (κ2) is 7.77. The van der Waals surface area contributed by atoms with Gasteiger partial charge in [-0.1, -0.05) is 0 Å². The molecule has 0 aromatic carbocycles. The quantitative estimate of drug-likeness (QED) is 0.430. The van der Waals surface area contributed by atoms with Gasteiger partial charge in [0.05, 0.1) is 6.33 Å². The van der Waals surface area contributed by atoms with Crippen LogP contribution in [-0.4, -0.2) is 52.6 Å². The molecule has 0 fully saturated rings. The van der Waals surface area contributed by atoms with Crippen LogP contribution in [0, 0.1) is 0 Å². The molecule has 20 heavy (non-hydrogen) atoms. The van der Waals surface area contributed by atoms with Gasteiger partial charge in [0.15, 0.2) is 0 Å². The third-order valence-electron chi connectivity index (χ3n) is 2.50. The lowest BCUT2D eigenvalue weighted by Crippen LogP contribution is -2.47. The number of aromatic nitrogens is 2. The first kappa shape index (κ1) is 15.5. The predicted molar refractivity (Wildman–Crippen MR) is 68.9 cm³/mol. The molecule has 110 valence electrons. The SMILES string of the molecule is CNC(=O)CCNC(=O)N[C@H](Cc1cnc[nH]1)C(=O)O. The van der Waals surface area contributed by atoms with Gasteiger partial charge in [-0.3, -0.25) is 4.79 Å². The van der Waals surface area contributed by atoms with Crippen LogP contribution in [0.4, 0.5) is 4.79 Å². The average Bonchev–Trinajstić information content (AvgIpc) is 2.90. The molecule has 1 atom stereocenters. The van der Waals surface area contributed by atoms with Gasteiger partial charge in [0.2, 0.25) is 5.91 Å². The normalized spacial score (nSPS) is 11.4. The van der Waals surface area contributed by atoms with E-state index >= 15 is 0 Å². The second-order valence-corrected chi connectivity index (χ2v) is 4.00. The third kappa shape index (κ3) is 5.38. The molecule has 0 bridgehead atoms. The first-order valence-electron chi connectivity index (χ1n) is 5.98. The monoisotopic (exact) mass is 283 g/mol. The van der Waals surface area contributed by atoms with Gasteiger partial charge in [0.25, 0.3) is 0 Å². The minimum atomic E-state index is -1.15. The molecule has 3 amide bonds. The molecule has 0 aliphatic heterocycles. The Balaban J connectivity index is 2.39. The minimum Gasteiger partial charge on any atom is -0.480 e. The zero-order chi connectivity index (χ0) is 15.0. The number of aromatic amines is 1. The van der Waals surface area contributed by atoms with Gasteiger partial charge in [-0.25, -0.2) is 14.6 Å². The summed E-state index contributed by atoms with van der Waals surface area (Å²) >= 11 is 0. The van der Waals surface area contributed by atoms with Crippen molar-refractivity contribution in [1.82, 2.24) is 25.9 Å². The summed E-state index contributed by atoms with van der Waals surface area (Å²) in [5, 5.41) is 16.2. The summed E-state index contributed by atoms with van der Waals surface area (Å²) in [6.07, 6.45) is 3.14. The van der Waals surface area contributed by atoms with E-state index in [1.807, 2.05) is 0 Å². The second-order valence-electron chi connectivity index (χ2n) is 4.00. The number of H-pyrrole nitrogens is 1. The Morgan fingerprint density at radius 1 is 1.45 bits per heavy atom. The van der Waals surface area contributed by atoms with Crippen molar-refractivity contribution in [2.75, 3.05) is 13.6 Å². The van der Waals surface area contributed by atoms with Crippen molar-refractivity contribution in [1.29, 1.82) is 0 Å². The van der Waals surface area contributed by atoms with E-state index in [2.05, 4.69) is 25.9 Å². The van der Waals surface area contributed by atoms with E-state index in [0.29, 0.717) is 5.69 Å². The highest BCUT2D eigenvalue weighted by Gasteiger charge is 2.20. The summed E-state index contributed by atoms with van der Waals surface area (Å²) in [4.78, 5) is 40.0. The van der Waals surface area contributed by atoms with Gasteiger partial charge in [0.1, 0.15) is 6.04 Å². The van der Waals surface area contributed by atoms with Crippen LogP contribution in [0.15, 0.2) is 12.5 Å². The van der Waals surface area contributed by atoms with Crippen LogP contribution in [-0.2, 0) is 16.0 Å². The number of carboxylic acid groups (broad SMARTS) is 1. The van der Waals surface area contributed by atoms with Crippen LogP contribution >= 0.6 is 0 Å². The Morgan fingerprint density at radius 2 is 2.20 bits per heavy atom. The third-order valence-corrected chi connectivity index (χ3v) is 2.50. The number of imidazole rings is 1. The van der Waals surface area contributed by atoms with Crippen molar-refractivity contribution in [3.05, 3.63) is 18.2 Å². The van der Waals surface area contributed by atoms with Crippen molar-refractivity contribution in [2.45, 2.75) is 18.9 Å². The van der Waals surface area contributed by atoms with Gasteiger partial charge in [-0.15, -0.1) is 0 Å². The summed E-state index contributed by atoms with van der Waals surface area (Å²) in [6, 6.07) is -1.71. The van der Waals surface area contributed by atoms with Crippen LogP contribution in [0.2, 0.25) is 0 Å². The Bertz CT molecular complexity index is 459. The van der Waals surface area contributed by atoms with Gasteiger partial charge >= 0.3 is 12.0 Å². The molecule has 0 aliphatic rings. The fourth-order valence-electron chi connectivity index (χ4n) is 1.44. The van der Waals surface area contributed by atoms with E-state index < -0.39 is 18.0 Å². The van der Waals surface area contributed by atoms with E-state index in [1.165, 1.54) is 19.6 Å². The minimum absolute atomic E-state index is 0.0954. The van der Waals surface area contributed by atoms with Gasteiger partial charge in [-0.2, -0.15) is 0 Å². The molecular formula is C11H17N5O4. The van der Waals surface area contributed by atoms with E-state index in [0.717, 1.165) is 0 Å². The van der Waals surface area contributed by atoms with Crippen molar-refractivity contribution in [3.8, 4) is 0 Å². The first-order chi connectivity index (χ1) is 9.52. The lowest BCUT2D eigenvalue weighted by Gasteiger charge is -2.14. The molecule has 0 saturated carbocycles. The van der Waals surface area contributed by atoms with E-state index in [9.17, 15) is 14.4 Å². The lowest BCUT2D eigenvalue weighted by atomic mass is 10.2. The van der Waals surface area contributed by atoms with Crippen LogP contribution < -0.4 is 16.0 Å². The maximum atomic E-state index is 11.5. The molecule has 1 aromatic heterocycles. The highest BCUT2D eigenvalue weighted by atomic mass is 16.4. The van der Waals surface area contributed by atoms with Crippen LogP contribution in [0.3, 0.4) is 0 Å². The zero-order valence-corrected chi connectivity index (χ0v) is 11.0. The zero-order valence-electron chi connectivity index (χ0n) is 11.0. The van der Waals surface area contributed by atoms with Crippen LogP contribution in [0.5, 0.6) is 0 Å². The van der Waals surface area contributed by atoms with Gasteiger partial charge < -0.3 is 26.0 Å². The Labute approximate surface area is 115 Å². The average molecular weight is 283 g/mol. The highest BCUT2D eigenvalue weighted by molar-refractivity contribution is 5.83. The molecule has 0 aliphatic carbocycles. The van der Waals surface area contributed by atoms with Crippen LogP contribution in [0.1, 0.15) is 12.1 Å². The van der Waals surface area contributed by atoms with E-state index in [-0.39, 0.29) is 25.3 Å². The lowest BCUT2D eigenvalue weighted by molar-refractivity contribution is -0.139. The largest absolute Gasteiger partial charge is 0.480 e. The molecule has 1 heterocycles. The van der Waals surface area contributed by atoms with Crippen molar-refractivity contribution >= 4 is 17.9 Å². The van der Waals surface area contributed by atoms with Crippen molar-refractivity contribution in [2.24, 2.45) is 0 Å². The number of carbonyl (C=O) groups is 3. The fraction of sp³-hybridized carbons (Fsp3) is 0.455. The molecular weight excluding hydrogens is 266 g/mol. The maximum absolute atomic E-state index is 11.5. The number of nitrogens with one attached hydrogen (secondary N) is 4. The summed E-state index contributed by atoms with van der Waals surface area (Å²) in [7, 11) is 1.49. The summed E-state index contributed by atoms with van der Waals surface area (Å²) < 4.78 is 0. The number of nitrogens with zero attached hydrogens (tertiary/aromatic N) is 1. The van der Waals surface area contributed by atoms with E-state index in [1.54, 1.807) is 0 Å². The molecule has 0 unspecified atom stereocenters. The first-order valence-corrected chi connectivity index (χ1v) is 5.98. The number of hydrogen-bond donors (Lipinski definition) is 5. The number of hydrogen-bond acceptors (Lipinski definition) is 4. The number of urea groups is 1. The van der Waals surface area contributed by atoms with Crippen molar-refractivity contribution < 1.29 is 19.5 Å². The van der Waals surface area contributed by atoms with Crippen molar-refractivity contribution in [3.63, 3.8) is 0 Å². The Hall–Kier alpha value is -2.58. The molecule has 0 radical (unpaired) electrons. The molecule has 9 heteroatoms. The summed E-state index contributed by atoms with van der Waals surface area (Å²) in [5.41, 5.74) is 0.600. The smallest absolute Gasteiger partial charge is 0.326 e. The molecule has 0 spiro atoms. The molecule has 5 N–H and O–H groups in total. The summed E-state index contributed by atoms with van der Waals surface area (Å²) in [5.74, 6) is -1.36. The summed E-state index contributed by atoms with van der Waals surface area (Å²) in [6.45, 7) is 0.127. The number of amides is 3. The molecule has 1 rings (SSSR count). The van der Waals surface area contributed by atoms with Gasteiger partial charge in [-0.05, 0) is 0 Å². The van der Waals surface area contributed by atoms with Gasteiger partial charge in [0, 0.05) is 38.3 Å². The fourth-order valence-corrected chi connectivity index (χ4v) is 1.44. The topological polar surface area (TPSA) is 136 Å². The predicted octanol–water partition coefficient (Wildman–Crippen LogP) is -1.16. The van der Waals surface area contributed by atoms with E-state index in [4.69, 9.17) is 5.11 Å². The van der Waals surface area contributed by atoms with Crippen LogP contribution in [0.25, 0.3) is 0 Å². The Morgan fingerprint density at radius 3 is 2.75 bits per heavy atom. The number of rotatable bonds is 7. The number of carboxylic acids is 1. The maximum Gasteiger partial charge on any atom is 0.326 e. The standard InChI is InChI=1S/C11H17N5O4/c1-12-9(17)2-3-14-11(20)16-8(10(18)19)4-7-5-13-6-15-7/h5-6,8H,2-4H2,1H3,(H,12,17)(H,13,15)(H,18,19)(H2,14,16,20)/t8-/m1/s1.